The third kappa shape index (κ3) is 4.68. The lowest BCUT2D eigenvalue weighted by atomic mass is 10.1. The van der Waals surface area contributed by atoms with Crippen molar-refractivity contribution < 1.29 is 8.42 Å². The summed E-state index contributed by atoms with van der Waals surface area (Å²) in [5.41, 5.74) is 2.12. The summed E-state index contributed by atoms with van der Waals surface area (Å²) in [7, 11) is -3.82. The standard InChI is InChI=1S/C23H19N5O2S2/c24-16-18-11-13-19(14-12-18)28-22(25-26-23(28)31)21(15-17-7-3-1-4-8-17)27-32(29,30)20-9-5-2-6-10-20/h1-14,21,27H,15H2,(H,26,31)/t21-/m0/s1. The highest BCUT2D eigenvalue weighted by Crippen LogP contribution is 2.23. The van der Waals surface area contributed by atoms with Crippen LogP contribution in [-0.2, 0) is 16.4 Å². The maximum atomic E-state index is 13.1. The second-order valence-electron chi connectivity index (χ2n) is 7.06. The lowest BCUT2D eigenvalue weighted by Crippen LogP contribution is -2.32. The van der Waals surface area contributed by atoms with E-state index in [9.17, 15) is 8.42 Å². The number of aromatic amines is 1. The van der Waals surface area contributed by atoms with Gasteiger partial charge in [0.2, 0.25) is 10.0 Å². The van der Waals surface area contributed by atoms with E-state index in [4.69, 9.17) is 17.5 Å². The summed E-state index contributed by atoms with van der Waals surface area (Å²) in [6, 6.07) is 26.0. The van der Waals surface area contributed by atoms with Crippen LogP contribution in [-0.4, -0.2) is 23.2 Å². The molecule has 0 radical (unpaired) electrons. The molecule has 0 saturated heterocycles. The van der Waals surface area contributed by atoms with E-state index in [-0.39, 0.29) is 4.90 Å². The van der Waals surface area contributed by atoms with E-state index in [0.29, 0.717) is 28.3 Å². The molecule has 0 aliphatic rings. The Morgan fingerprint density at radius 1 is 1.00 bits per heavy atom. The number of benzene rings is 3. The molecule has 0 aliphatic carbocycles. The number of aromatic nitrogens is 3. The predicted molar refractivity (Wildman–Crippen MR) is 123 cm³/mol. The molecule has 0 spiro atoms. The Hall–Kier alpha value is -3.58. The summed E-state index contributed by atoms with van der Waals surface area (Å²) in [4.78, 5) is 0.164. The first kappa shape index (κ1) is 21.6. The molecule has 4 rings (SSSR count). The third-order valence-electron chi connectivity index (χ3n) is 4.90. The van der Waals surface area contributed by atoms with E-state index in [1.165, 1.54) is 0 Å². The Kier molecular flexibility index (Phi) is 6.28. The van der Waals surface area contributed by atoms with E-state index in [0.717, 1.165) is 5.56 Å². The van der Waals surface area contributed by atoms with Crippen LogP contribution in [0.1, 0.15) is 23.0 Å². The number of nitrogens with one attached hydrogen (secondary N) is 2. The van der Waals surface area contributed by atoms with E-state index >= 15 is 0 Å². The van der Waals surface area contributed by atoms with Gasteiger partial charge in [0.1, 0.15) is 0 Å². The fourth-order valence-corrected chi connectivity index (χ4v) is 4.83. The van der Waals surface area contributed by atoms with Gasteiger partial charge in [-0.3, -0.25) is 9.67 Å². The lowest BCUT2D eigenvalue weighted by Gasteiger charge is -2.19. The van der Waals surface area contributed by atoms with E-state index < -0.39 is 16.1 Å². The maximum absolute atomic E-state index is 13.1. The highest BCUT2D eigenvalue weighted by molar-refractivity contribution is 7.89. The molecular weight excluding hydrogens is 442 g/mol. The Morgan fingerprint density at radius 2 is 1.62 bits per heavy atom. The molecule has 0 aliphatic heterocycles. The smallest absolute Gasteiger partial charge is 0.241 e. The molecule has 7 nitrogen and oxygen atoms in total. The monoisotopic (exact) mass is 461 g/mol. The first-order chi connectivity index (χ1) is 15.5. The van der Waals surface area contributed by atoms with Crippen LogP contribution in [0.4, 0.5) is 0 Å². The zero-order chi connectivity index (χ0) is 22.6. The molecular formula is C23H19N5O2S2. The molecule has 0 bridgehead atoms. The van der Waals surface area contributed by atoms with Crippen LogP contribution in [0.25, 0.3) is 5.69 Å². The molecule has 1 atom stereocenters. The molecule has 2 N–H and O–H groups in total. The van der Waals surface area contributed by atoms with Gasteiger partial charge < -0.3 is 0 Å². The summed E-state index contributed by atoms with van der Waals surface area (Å²) >= 11 is 5.44. The van der Waals surface area contributed by atoms with Gasteiger partial charge in [-0.1, -0.05) is 48.5 Å². The Morgan fingerprint density at radius 3 is 2.25 bits per heavy atom. The highest BCUT2D eigenvalue weighted by Gasteiger charge is 2.26. The Bertz CT molecular complexity index is 1410. The minimum atomic E-state index is -3.82. The molecule has 0 amide bonds. The Labute approximate surface area is 191 Å². The molecule has 0 saturated carbocycles. The second-order valence-corrected chi connectivity index (χ2v) is 9.16. The van der Waals surface area contributed by atoms with Crippen LogP contribution in [0.15, 0.2) is 89.8 Å². The van der Waals surface area contributed by atoms with Gasteiger partial charge in [-0.15, -0.1) is 0 Å². The number of hydrogen-bond acceptors (Lipinski definition) is 5. The van der Waals surface area contributed by atoms with Crippen molar-refractivity contribution in [2.45, 2.75) is 17.4 Å². The van der Waals surface area contributed by atoms with Gasteiger partial charge in [-0.2, -0.15) is 10.4 Å². The normalized spacial score (nSPS) is 12.2. The minimum Gasteiger partial charge on any atom is -0.271 e. The molecule has 0 unspecified atom stereocenters. The average molecular weight is 462 g/mol. The van der Waals surface area contributed by atoms with Gasteiger partial charge in [-0.05, 0) is 60.6 Å². The molecule has 1 heterocycles. The van der Waals surface area contributed by atoms with Gasteiger partial charge >= 0.3 is 0 Å². The van der Waals surface area contributed by atoms with Gasteiger partial charge in [0.15, 0.2) is 10.6 Å². The zero-order valence-corrected chi connectivity index (χ0v) is 18.5. The van der Waals surface area contributed by atoms with Crippen molar-refractivity contribution in [1.29, 1.82) is 5.26 Å². The minimum absolute atomic E-state index is 0.164. The molecule has 1 aromatic heterocycles. The first-order valence-electron chi connectivity index (χ1n) is 9.77. The lowest BCUT2D eigenvalue weighted by molar-refractivity contribution is 0.538. The number of nitriles is 1. The first-order valence-corrected chi connectivity index (χ1v) is 11.7. The number of H-pyrrole nitrogens is 1. The average Bonchev–Trinajstić information content (AvgIpc) is 3.21. The van der Waals surface area contributed by atoms with E-state index in [2.05, 4.69) is 21.0 Å². The van der Waals surface area contributed by atoms with Gasteiger partial charge in [0, 0.05) is 5.69 Å². The van der Waals surface area contributed by atoms with Crippen molar-refractivity contribution in [3.8, 4) is 11.8 Å². The predicted octanol–water partition coefficient (Wildman–Crippen LogP) is 4.06. The van der Waals surface area contributed by atoms with Gasteiger partial charge in [0.25, 0.3) is 0 Å². The van der Waals surface area contributed by atoms with E-state index in [1.54, 1.807) is 59.2 Å². The Balaban J connectivity index is 1.79. The fourth-order valence-electron chi connectivity index (χ4n) is 3.37. The van der Waals surface area contributed by atoms with Crippen molar-refractivity contribution in [2.24, 2.45) is 0 Å². The zero-order valence-electron chi connectivity index (χ0n) is 16.8. The second kappa shape index (κ2) is 9.28. The van der Waals surface area contributed by atoms with Gasteiger partial charge in [0.05, 0.1) is 22.6 Å². The molecule has 3 aromatic carbocycles. The summed E-state index contributed by atoms with van der Waals surface area (Å²) in [6.07, 6.45) is 0.364. The van der Waals surface area contributed by atoms with Crippen LogP contribution < -0.4 is 4.72 Å². The molecule has 4 aromatic rings. The van der Waals surface area contributed by atoms with E-state index in [1.807, 2.05) is 30.3 Å². The summed E-state index contributed by atoms with van der Waals surface area (Å²) in [5, 5.41) is 16.2. The van der Waals surface area contributed by atoms with Crippen LogP contribution in [0.5, 0.6) is 0 Å². The van der Waals surface area contributed by atoms with Crippen LogP contribution in [0.3, 0.4) is 0 Å². The van der Waals surface area contributed by atoms with Gasteiger partial charge in [-0.25, -0.2) is 13.1 Å². The van der Waals surface area contributed by atoms with Crippen LogP contribution >= 0.6 is 12.2 Å². The maximum Gasteiger partial charge on any atom is 0.241 e. The number of rotatable bonds is 7. The van der Waals surface area contributed by atoms with Crippen molar-refractivity contribution in [3.63, 3.8) is 0 Å². The molecule has 0 fully saturated rings. The third-order valence-corrected chi connectivity index (χ3v) is 6.66. The quantitative estimate of drug-likeness (QED) is 0.404. The van der Waals surface area contributed by atoms with Crippen molar-refractivity contribution in [2.75, 3.05) is 0 Å². The fraction of sp³-hybridized carbons (Fsp3) is 0.0870. The number of sulfonamides is 1. The van der Waals surface area contributed by atoms with Crippen LogP contribution in [0, 0.1) is 16.1 Å². The SMILES string of the molecule is N#Cc1ccc(-n2c([C@H](Cc3ccccc3)NS(=O)(=O)c3ccccc3)n[nH]c2=S)cc1. The summed E-state index contributed by atoms with van der Waals surface area (Å²) in [6.45, 7) is 0. The molecule has 9 heteroatoms. The van der Waals surface area contributed by atoms with Crippen LogP contribution in [0.2, 0.25) is 0 Å². The summed E-state index contributed by atoms with van der Waals surface area (Å²) in [5.74, 6) is 0.420. The van der Waals surface area contributed by atoms with Crippen molar-refractivity contribution in [3.05, 3.63) is 107 Å². The number of hydrogen-bond donors (Lipinski definition) is 2. The summed E-state index contributed by atoms with van der Waals surface area (Å²) < 4.78 is 31.0. The van der Waals surface area contributed by atoms with Crippen molar-refractivity contribution in [1.82, 2.24) is 19.5 Å². The molecule has 32 heavy (non-hydrogen) atoms. The topological polar surface area (TPSA) is 104 Å². The number of nitrogens with zero attached hydrogens (tertiary/aromatic N) is 3. The highest BCUT2D eigenvalue weighted by atomic mass is 32.2. The van der Waals surface area contributed by atoms with Crippen molar-refractivity contribution >= 4 is 22.2 Å². The molecule has 160 valence electrons. The largest absolute Gasteiger partial charge is 0.271 e.